The second-order valence-electron chi connectivity index (χ2n) is 6.67. The summed E-state index contributed by atoms with van der Waals surface area (Å²) in [5, 5.41) is 10.5. The van der Waals surface area contributed by atoms with E-state index in [0.29, 0.717) is 0 Å². The lowest BCUT2D eigenvalue weighted by Gasteiger charge is -2.31. The van der Waals surface area contributed by atoms with Crippen molar-refractivity contribution < 1.29 is 4.74 Å². The average Bonchev–Trinajstić information content (AvgIpc) is 2.89. The summed E-state index contributed by atoms with van der Waals surface area (Å²) in [4.78, 5) is 7.20. The van der Waals surface area contributed by atoms with E-state index in [0.717, 1.165) is 64.5 Å². The molecule has 0 amide bonds. The third-order valence-corrected chi connectivity index (χ3v) is 4.96. The zero-order valence-electron chi connectivity index (χ0n) is 14.2. The van der Waals surface area contributed by atoms with Gasteiger partial charge in [-0.15, -0.1) is 0 Å². The molecule has 1 aromatic carbocycles. The fourth-order valence-corrected chi connectivity index (χ4v) is 3.91. The molecule has 2 aromatic heterocycles. The largest absolute Gasteiger partial charge is 0.376 e. The molecule has 0 radical (unpaired) electrons. The van der Waals surface area contributed by atoms with Gasteiger partial charge in [0.1, 0.15) is 0 Å². The molecule has 6 heteroatoms. The van der Waals surface area contributed by atoms with E-state index >= 15 is 0 Å². The van der Waals surface area contributed by atoms with Crippen molar-refractivity contribution >= 4 is 33.5 Å². The Bertz CT molecular complexity index is 920. The first-order chi connectivity index (χ1) is 11.5. The van der Waals surface area contributed by atoms with Gasteiger partial charge in [-0.2, -0.15) is 5.10 Å². The lowest BCUT2D eigenvalue weighted by atomic mass is 10.0. The summed E-state index contributed by atoms with van der Waals surface area (Å²) in [6.07, 6.45) is 0.262. The Hall–Kier alpha value is -1.69. The molecule has 5 nitrogen and oxygen atoms in total. The summed E-state index contributed by atoms with van der Waals surface area (Å²) >= 11 is 6.34. The fraction of sp³-hybridized carbons (Fsp3) is 0.444. The summed E-state index contributed by atoms with van der Waals surface area (Å²) in [7, 11) is 0. The molecular formula is C18H21ClN4O. The first-order valence-electron chi connectivity index (χ1n) is 8.30. The van der Waals surface area contributed by atoms with Gasteiger partial charge in [0.05, 0.1) is 18.2 Å². The van der Waals surface area contributed by atoms with Gasteiger partial charge in [-0.25, -0.2) is 4.98 Å². The van der Waals surface area contributed by atoms with Crippen molar-refractivity contribution in [3.8, 4) is 0 Å². The van der Waals surface area contributed by atoms with E-state index in [-0.39, 0.29) is 6.10 Å². The van der Waals surface area contributed by atoms with Gasteiger partial charge < -0.3 is 4.74 Å². The number of pyridine rings is 1. The van der Waals surface area contributed by atoms with Crippen LogP contribution in [0, 0.1) is 13.8 Å². The molecule has 1 N–H and O–H groups in total. The minimum Gasteiger partial charge on any atom is -0.376 e. The summed E-state index contributed by atoms with van der Waals surface area (Å²) in [6, 6.07) is 3.99. The Balaban J connectivity index is 1.93. The zero-order chi connectivity index (χ0) is 16.8. The van der Waals surface area contributed by atoms with Crippen LogP contribution in [0.5, 0.6) is 0 Å². The lowest BCUT2D eigenvalue weighted by Crippen LogP contribution is -2.40. The molecule has 0 aliphatic carbocycles. The van der Waals surface area contributed by atoms with Crippen molar-refractivity contribution in [1.29, 1.82) is 0 Å². The van der Waals surface area contributed by atoms with E-state index < -0.39 is 0 Å². The molecule has 1 unspecified atom stereocenters. The second-order valence-corrected chi connectivity index (χ2v) is 7.11. The Labute approximate surface area is 146 Å². The number of hydrogen-bond donors (Lipinski definition) is 1. The topological polar surface area (TPSA) is 54.0 Å². The van der Waals surface area contributed by atoms with Gasteiger partial charge in [0.25, 0.3) is 0 Å². The maximum Gasteiger partial charge on any atom is 0.182 e. The number of aryl methyl sites for hydroxylation is 2. The van der Waals surface area contributed by atoms with Crippen LogP contribution in [-0.2, 0) is 11.3 Å². The molecule has 0 saturated carbocycles. The minimum absolute atomic E-state index is 0.262. The van der Waals surface area contributed by atoms with Crippen LogP contribution >= 0.6 is 11.6 Å². The molecule has 3 heterocycles. The van der Waals surface area contributed by atoms with Gasteiger partial charge in [0, 0.05) is 41.1 Å². The third kappa shape index (κ3) is 2.66. The van der Waals surface area contributed by atoms with Crippen molar-refractivity contribution in [3.05, 3.63) is 34.0 Å². The van der Waals surface area contributed by atoms with E-state index in [9.17, 15) is 0 Å². The summed E-state index contributed by atoms with van der Waals surface area (Å²) in [5.74, 6) is 0. The predicted octanol–water partition coefficient (Wildman–Crippen LogP) is 3.60. The van der Waals surface area contributed by atoms with Crippen molar-refractivity contribution in [2.45, 2.75) is 33.4 Å². The van der Waals surface area contributed by atoms with E-state index in [1.165, 1.54) is 5.56 Å². The molecule has 4 rings (SSSR count). The number of hydrogen-bond acceptors (Lipinski definition) is 4. The highest BCUT2D eigenvalue weighted by Crippen LogP contribution is 2.32. The molecule has 1 aliphatic rings. The number of morpholine rings is 1. The van der Waals surface area contributed by atoms with E-state index in [2.05, 4.69) is 22.0 Å². The molecule has 0 bridgehead atoms. The van der Waals surface area contributed by atoms with E-state index in [1.807, 2.05) is 26.0 Å². The number of benzene rings is 1. The summed E-state index contributed by atoms with van der Waals surface area (Å²) in [5.41, 5.74) is 5.14. The predicted molar refractivity (Wildman–Crippen MR) is 96.6 cm³/mol. The normalized spacial score (nSPS) is 19.4. The molecule has 126 valence electrons. The van der Waals surface area contributed by atoms with Gasteiger partial charge in [0.15, 0.2) is 5.65 Å². The number of aromatic amines is 1. The molecule has 1 aliphatic heterocycles. The number of rotatable bonds is 2. The van der Waals surface area contributed by atoms with Gasteiger partial charge >= 0.3 is 0 Å². The van der Waals surface area contributed by atoms with Crippen LogP contribution in [-0.4, -0.2) is 45.9 Å². The number of ether oxygens (including phenoxy) is 1. The van der Waals surface area contributed by atoms with Gasteiger partial charge in [-0.3, -0.25) is 10.00 Å². The fourth-order valence-electron chi connectivity index (χ4n) is 3.64. The van der Waals surface area contributed by atoms with Crippen molar-refractivity contribution in [2.75, 3.05) is 19.7 Å². The van der Waals surface area contributed by atoms with Crippen molar-refractivity contribution in [2.24, 2.45) is 0 Å². The Kier molecular flexibility index (Phi) is 3.95. The number of H-pyrrole nitrogens is 1. The summed E-state index contributed by atoms with van der Waals surface area (Å²) in [6.45, 7) is 9.71. The van der Waals surface area contributed by atoms with Crippen LogP contribution in [0.25, 0.3) is 21.9 Å². The smallest absolute Gasteiger partial charge is 0.182 e. The molecule has 1 atom stereocenters. The molecule has 3 aromatic rings. The lowest BCUT2D eigenvalue weighted by molar-refractivity contribution is -0.0209. The number of aromatic nitrogens is 3. The van der Waals surface area contributed by atoms with Crippen LogP contribution in [0.2, 0.25) is 5.02 Å². The van der Waals surface area contributed by atoms with Crippen LogP contribution in [0.15, 0.2) is 12.1 Å². The highest BCUT2D eigenvalue weighted by Gasteiger charge is 2.21. The zero-order valence-corrected chi connectivity index (χ0v) is 14.9. The first kappa shape index (κ1) is 15.8. The second kappa shape index (κ2) is 5.99. The van der Waals surface area contributed by atoms with Crippen molar-refractivity contribution in [1.82, 2.24) is 20.1 Å². The number of halogens is 1. The highest BCUT2D eigenvalue weighted by molar-refractivity contribution is 6.31. The van der Waals surface area contributed by atoms with Gasteiger partial charge in [0.2, 0.25) is 0 Å². The summed E-state index contributed by atoms with van der Waals surface area (Å²) < 4.78 is 5.67. The number of nitrogens with one attached hydrogen (secondary N) is 1. The standard InChI is InChI=1S/C18H21ClN4O/c1-10-6-13(19)7-14-15(9-23-4-5-24-11(2)8-23)16-12(3)21-22-18(16)20-17(10)14/h6-7,11H,4-5,8-9H2,1-3H3,(H,20,21,22). The molecule has 0 spiro atoms. The van der Waals surface area contributed by atoms with Crippen LogP contribution < -0.4 is 0 Å². The minimum atomic E-state index is 0.262. The molecule has 1 fully saturated rings. The Morgan fingerprint density at radius 2 is 2.21 bits per heavy atom. The average molecular weight is 345 g/mol. The SMILES string of the molecule is Cc1cc(Cl)cc2c(CN3CCOC(C)C3)c3c(C)[nH]nc3nc12. The van der Waals surface area contributed by atoms with Crippen LogP contribution in [0.4, 0.5) is 0 Å². The van der Waals surface area contributed by atoms with Crippen LogP contribution in [0.1, 0.15) is 23.7 Å². The van der Waals surface area contributed by atoms with E-state index in [1.54, 1.807) is 0 Å². The Morgan fingerprint density at radius 3 is 3.00 bits per heavy atom. The number of fused-ring (bicyclic) bond motifs is 2. The monoisotopic (exact) mass is 344 g/mol. The quantitative estimate of drug-likeness (QED) is 0.771. The molecular weight excluding hydrogens is 324 g/mol. The Morgan fingerprint density at radius 1 is 1.38 bits per heavy atom. The van der Waals surface area contributed by atoms with Crippen LogP contribution in [0.3, 0.4) is 0 Å². The highest BCUT2D eigenvalue weighted by atomic mass is 35.5. The first-order valence-corrected chi connectivity index (χ1v) is 8.68. The van der Waals surface area contributed by atoms with Crippen molar-refractivity contribution in [3.63, 3.8) is 0 Å². The number of nitrogens with zero attached hydrogens (tertiary/aromatic N) is 3. The molecule has 1 saturated heterocycles. The van der Waals surface area contributed by atoms with Gasteiger partial charge in [-0.1, -0.05) is 11.6 Å². The van der Waals surface area contributed by atoms with E-state index in [4.69, 9.17) is 21.3 Å². The maximum atomic E-state index is 6.34. The van der Waals surface area contributed by atoms with Gasteiger partial charge in [-0.05, 0) is 44.0 Å². The maximum absolute atomic E-state index is 6.34. The third-order valence-electron chi connectivity index (χ3n) is 4.74. The molecule has 24 heavy (non-hydrogen) atoms.